The number of nitrogen functional groups attached to an aromatic ring is 1. The first-order chi connectivity index (χ1) is 8.99. The number of nitrogens with two attached hydrogens (primary N) is 1. The first kappa shape index (κ1) is 13.4. The first-order valence-corrected chi connectivity index (χ1v) is 7.08. The lowest BCUT2D eigenvalue weighted by Gasteiger charge is -2.08. The van der Waals surface area contributed by atoms with Gasteiger partial charge in [0.25, 0.3) is 0 Å². The minimum Gasteiger partial charge on any atom is -0.398 e. The lowest BCUT2D eigenvalue weighted by atomic mass is 10.2. The Balaban J connectivity index is 2.14. The zero-order chi connectivity index (χ0) is 13.9. The molecule has 19 heavy (non-hydrogen) atoms. The third-order valence-electron chi connectivity index (χ3n) is 2.54. The Morgan fingerprint density at radius 3 is 2.68 bits per heavy atom. The molecule has 2 aromatic rings. The van der Waals surface area contributed by atoms with Crippen LogP contribution in [0.15, 0.2) is 41.7 Å². The van der Waals surface area contributed by atoms with E-state index in [1.54, 1.807) is 6.20 Å². The molecule has 0 radical (unpaired) electrons. The second-order valence-electron chi connectivity index (χ2n) is 4.05. The van der Waals surface area contributed by atoms with Crippen molar-refractivity contribution in [1.29, 1.82) is 0 Å². The molecule has 2 rings (SSSR count). The molecule has 0 aliphatic rings. The molecular weight excluding hydrogens is 264 g/mol. The molecule has 7 heteroatoms. The zero-order valence-electron chi connectivity index (χ0n) is 10.4. The summed E-state index contributed by atoms with van der Waals surface area (Å²) in [4.78, 5) is 7.85. The van der Waals surface area contributed by atoms with Crippen molar-refractivity contribution in [1.82, 2.24) is 14.7 Å². The largest absolute Gasteiger partial charge is 0.398 e. The summed E-state index contributed by atoms with van der Waals surface area (Å²) < 4.78 is 26.5. The van der Waals surface area contributed by atoms with Crippen molar-refractivity contribution in [3.63, 3.8) is 0 Å². The Hall–Kier alpha value is -1.99. The Morgan fingerprint density at radius 2 is 2.05 bits per heavy atom. The summed E-state index contributed by atoms with van der Waals surface area (Å²) in [6.07, 6.45) is 4.30. The van der Waals surface area contributed by atoms with E-state index in [-0.39, 0.29) is 17.1 Å². The third kappa shape index (κ3) is 3.27. The van der Waals surface area contributed by atoms with E-state index < -0.39 is 10.0 Å². The van der Waals surface area contributed by atoms with Crippen LogP contribution in [0.1, 0.15) is 11.3 Å². The van der Waals surface area contributed by atoms with Crippen LogP contribution in [0.2, 0.25) is 0 Å². The Labute approximate surface area is 111 Å². The van der Waals surface area contributed by atoms with Crippen LogP contribution in [0.3, 0.4) is 0 Å². The Kier molecular flexibility index (Phi) is 3.77. The number of hydrogen-bond acceptors (Lipinski definition) is 5. The van der Waals surface area contributed by atoms with Gasteiger partial charge in [0.05, 0.1) is 5.69 Å². The van der Waals surface area contributed by atoms with Crippen LogP contribution in [-0.4, -0.2) is 18.4 Å². The minimum atomic E-state index is -3.66. The normalized spacial score (nSPS) is 11.4. The fraction of sp³-hybridized carbons (Fsp3) is 0.167. The average molecular weight is 278 g/mol. The quantitative estimate of drug-likeness (QED) is 0.863. The highest BCUT2D eigenvalue weighted by Gasteiger charge is 2.17. The number of hydrogen-bond donors (Lipinski definition) is 2. The number of sulfonamides is 1. The summed E-state index contributed by atoms with van der Waals surface area (Å²) in [5.41, 5.74) is 7.45. The summed E-state index contributed by atoms with van der Waals surface area (Å²) in [6.45, 7) is 2.02. The van der Waals surface area contributed by atoms with Crippen molar-refractivity contribution >= 4 is 15.7 Å². The molecule has 6 nitrogen and oxygen atoms in total. The van der Waals surface area contributed by atoms with Gasteiger partial charge in [-0.25, -0.2) is 13.1 Å². The predicted octanol–water partition coefficient (Wildman–Crippen LogP) is 0.846. The highest BCUT2D eigenvalue weighted by atomic mass is 32.2. The standard InChI is InChI=1S/C12H14N4O2S/c1-9-2-3-10(6-15-9)7-16-19(17,18)12-8-14-5-4-11(12)13/h2-6,8,16H,7H2,1H3,(H2,13,14). The molecule has 0 aliphatic carbocycles. The highest BCUT2D eigenvalue weighted by Crippen LogP contribution is 2.15. The number of pyridine rings is 2. The van der Waals surface area contributed by atoms with Crippen LogP contribution in [0.5, 0.6) is 0 Å². The van der Waals surface area contributed by atoms with Crippen molar-refractivity contribution in [3.8, 4) is 0 Å². The van der Waals surface area contributed by atoms with Gasteiger partial charge in [-0.1, -0.05) is 6.07 Å². The van der Waals surface area contributed by atoms with E-state index in [1.165, 1.54) is 18.5 Å². The number of aryl methyl sites for hydroxylation is 1. The van der Waals surface area contributed by atoms with Gasteiger partial charge in [-0.2, -0.15) is 0 Å². The predicted molar refractivity (Wildman–Crippen MR) is 71.6 cm³/mol. The van der Waals surface area contributed by atoms with Gasteiger partial charge in [0, 0.05) is 30.8 Å². The third-order valence-corrected chi connectivity index (χ3v) is 3.99. The lowest BCUT2D eigenvalue weighted by molar-refractivity contribution is 0.581. The maximum absolute atomic E-state index is 12.0. The van der Waals surface area contributed by atoms with E-state index in [4.69, 9.17) is 5.73 Å². The van der Waals surface area contributed by atoms with Gasteiger partial charge in [0.15, 0.2) is 0 Å². The summed E-state index contributed by atoms with van der Waals surface area (Å²) in [5, 5.41) is 0. The topological polar surface area (TPSA) is 98.0 Å². The highest BCUT2D eigenvalue weighted by molar-refractivity contribution is 7.89. The van der Waals surface area contributed by atoms with E-state index in [2.05, 4.69) is 14.7 Å². The van der Waals surface area contributed by atoms with Crippen molar-refractivity contribution < 1.29 is 8.42 Å². The molecule has 100 valence electrons. The van der Waals surface area contributed by atoms with Gasteiger partial charge in [-0.3, -0.25) is 9.97 Å². The summed E-state index contributed by atoms with van der Waals surface area (Å²) in [5.74, 6) is 0. The maximum atomic E-state index is 12.0. The molecule has 3 N–H and O–H groups in total. The number of anilines is 1. The van der Waals surface area contributed by atoms with Crippen molar-refractivity contribution in [2.45, 2.75) is 18.4 Å². The van der Waals surface area contributed by atoms with Gasteiger partial charge >= 0.3 is 0 Å². The van der Waals surface area contributed by atoms with Crippen LogP contribution in [0, 0.1) is 6.92 Å². The maximum Gasteiger partial charge on any atom is 0.244 e. The Morgan fingerprint density at radius 1 is 1.26 bits per heavy atom. The number of rotatable bonds is 4. The van der Waals surface area contributed by atoms with Crippen LogP contribution in [-0.2, 0) is 16.6 Å². The second kappa shape index (κ2) is 5.33. The molecule has 0 unspecified atom stereocenters. The average Bonchev–Trinajstić information content (AvgIpc) is 2.38. The molecule has 2 heterocycles. The zero-order valence-corrected chi connectivity index (χ0v) is 11.2. The molecular formula is C12H14N4O2S. The number of aromatic nitrogens is 2. The van der Waals surface area contributed by atoms with Crippen LogP contribution in [0.4, 0.5) is 5.69 Å². The molecule has 2 aromatic heterocycles. The summed E-state index contributed by atoms with van der Waals surface area (Å²) in [6, 6.07) is 5.08. The fourth-order valence-electron chi connectivity index (χ4n) is 1.47. The van der Waals surface area contributed by atoms with Gasteiger partial charge in [-0.05, 0) is 24.6 Å². The van der Waals surface area contributed by atoms with E-state index in [1.807, 2.05) is 19.1 Å². The summed E-state index contributed by atoms with van der Waals surface area (Å²) >= 11 is 0. The SMILES string of the molecule is Cc1ccc(CNS(=O)(=O)c2cnccc2N)cn1. The smallest absolute Gasteiger partial charge is 0.244 e. The van der Waals surface area contributed by atoms with E-state index in [0.29, 0.717) is 0 Å². The molecule has 0 aliphatic heterocycles. The lowest BCUT2D eigenvalue weighted by Crippen LogP contribution is -2.24. The molecule has 0 fully saturated rings. The first-order valence-electron chi connectivity index (χ1n) is 5.60. The molecule has 0 amide bonds. The molecule has 0 aromatic carbocycles. The van der Waals surface area contributed by atoms with Gasteiger partial charge in [0.1, 0.15) is 4.90 Å². The van der Waals surface area contributed by atoms with Crippen molar-refractivity contribution in [2.24, 2.45) is 0 Å². The molecule has 0 atom stereocenters. The van der Waals surface area contributed by atoms with Crippen LogP contribution < -0.4 is 10.5 Å². The molecule has 0 saturated carbocycles. The fourth-order valence-corrected chi connectivity index (χ4v) is 2.56. The number of nitrogens with one attached hydrogen (secondary N) is 1. The van der Waals surface area contributed by atoms with Crippen LogP contribution >= 0.6 is 0 Å². The summed E-state index contributed by atoms with van der Waals surface area (Å²) in [7, 11) is -3.66. The second-order valence-corrected chi connectivity index (χ2v) is 5.78. The molecule has 0 saturated heterocycles. The van der Waals surface area contributed by atoms with E-state index in [0.717, 1.165) is 11.3 Å². The Bertz CT molecular complexity index is 668. The van der Waals surface area contributed by atoms with E-state index >= 15 is 0 Å². The molecule has 0 spiro atoms. The van der Waals surface area contributed by atoms with Gasteiger partial charge < -0.3 is 5.73 Å². The van der Waals surface area contributed by atoms with Crippen molar-refractivity contribution in [2.75, 3.05) is 5.73 Å². The van der Waals surface area contributed by atoms with Crippen LogP contribution in [0.25, 0.3) is 0 Å². The van der Waals surface area contributed by atoms with E-state index in [9.17, 15) is 8.42 Å². The van der Waals surface area contributed by atoms with Gasteiger partial charge in [-0.15, -0.1) is 0 Å². The van der Waals surface area contributed by atoms with Crippen molar-refractivity contribution in [3.05, 3.63) is 48.0 Å². The number of nitrogens with zero attached hydrogens (tertiary/aromatic N) is 2. The molecule has 0 bridgehead atoms. The minimum absolute atomic E-state index is 0.0185. The van der Waals surface area contributed by atoms with Gasteiger partial charge in [0.2, 0.25) is 10.0 Å². The monoisotopic (exact) mass is 278 g/mol.